The second-order valence-electron chi connectivity index (χ2n) is 12.0. The van der Waals surface area contributed by atoms with Crippen LogP contribution in [-0.4, -0.2) is 23.0 Å². The van der Waals surface area contributed by atoms with E-state index in [1.807, 2.05) is 49.4 Å². The fourth-order valence-corrected chi connectivity index (χ4v) is 8.02. The Kier molecular flexibility index (Phi) is 11.0. The van der Waals surface area contributed by atoms with E-state index in [0.29, 0.717) is 39.3 Å². The summed E-state index contributed by atoms with van der Waals surface area (Å²) in [6.07, 6.45) is 4.34. The van der Waals surface area contributed by atoms with Crippen LogP contribution >= 0.6 is 39.0 Å². The third-order valence-electron chi connectivity index (χ3n) is 8.23. The average molecular weight is 766 g/mol. The molecule has 8 nitrogen and oxygen atoms in total. The van der Waals surface area contributed by atoms with E-state index in [2.05, 4.69) is 44.9 Å². The number of hydrogen-bond acceptors (Lipinski definition) is 7. The number of rotatable bonds is 10. The van der Waals surface area contributed by atoms with Crippen molar-refractivity contribution in [1.29, 1.82) is 5.26 Å². The first kappa shape index (κ1) is 35.0. The van der Waals surface area contributed by atoms with Crippen molar-refractivity contribution in [3.8, 4) is 17.4 Å². The summed E-state index contributed by atoms with van der Waals surface area (Å²) in [5.74, 6) is 0.417. The number of hydrogen-bond donors (Lipinski definition) is 3. The lowest BCUT2D eigenvalue weighted by molar-refractivity contribution is -0.115. The molecule has 11 heteroatoms. The summed E-state index contributed by atoms with van der Waals surface area (Å²) in [6, 6.07) is 29.2. The first-order valence-electron chi connectivity index (χ1n) is 16.0. The van der Waals surface area contributed by atoms with Gasteiger partial charge in [0.05, 0.1) is 10.8 Å². The summed E-state index contributed by atoms with van der Waals surface area (Å²) in [6.45, 7) is 4.03. The van der Waals surface area contributed by atoms with E-state index in [4.69, 9.17) is 4.42 Å². The number of carbonyl (C=O) groups excluding carboxylic acids is 3. The van der Waals surface area contributed by atoms with Crippen LogP contribution in [0.1, 0.15) is 52.4 Å². The van der Waals surface area contributed by atoms with Gasteiger partial charge in [0.25, 0.3) is 11.8 Å². The molecular weight excluding hydrogens is 732 g/mol. The number of benzene rings is 3. The third kappa shape index (κ3) is 8.45. The van der Waals surface area contributed by atoms with Crippen LogP contribution in [0.25, 0.3) is 17.4 Å². The van der Waals surface area contributed by atoms with E-state index < -0.39 is 17.1 Å². The van der Waals surface area contributed by atoms with Gasteiger partial charge in [0.1, 0.15) is 28.3 Å². The van der Waals surface area contributed by atoms with Gasteiger partial charge in [-0.25, -0.2) is 0 Å². The molecule has 0 saturated heterocycles. The Labute approximate surface area is 307 Å². The highest BCUT2D eigenvalue weighted by atomic mass is 79.9. The summed E-state index contributed by atoms with van der Waals surface area (Å²) in [5.41, 5.74) is 3.44. The third-order valence-corrected chi connectivity index (χ3v) is 11.0. The highest BCUT2D eigenvalue weighted by molar-refractivity contribution is 9.10. The molecule has 3 N–H and O–H groups in total. The quantitative estimate of drug-likeness (QED) is 0.0962. The SMILES string of the molecule is C[C@H]1CCc2c(sc(NC(=O)[C@H](C)Sc3ccc(NC(=O)/C(=C/c4ccc(-c5ccc(Br)cc5)o4)NC(=O)c4ccccc4)cc3)c2C#N)C1. The molecule has 50 heavy (non-hydrogen) atoms. The number of furan rings is 1. The van der Waals surface area contributed by atoms with Crippen LogP contribution in [0.2, 0.25) is 0 Å². The Morgan fingerprint density at radius 3 is 2.46 bits per heavy atom. The summed E-state index contributed by atoms with van der Waals surface area (Å²) in [4.78, 5) is 41.8. The maximum atomic E-state index is 13.5. The Morgan fingerprint density at radius 1 is 1.00 bits per heavy atom. The number of carbonyl (C=O) groups is 3. The molecular formula is C39H33BrN4O4S2. The van der Waals surface area contributed by atoms with Crippen molar-refractivity contribution in [1.82, 2.24) is 5.32 Å². The van der Waals surface area contributed by atoms with Gasteiger partial charge >= 0.3 is 0 Å². The lowest BCUT2D eigenvalue weighted by atomic mass is 9.89. The van der Waals surface area contributed by atoms with Crippen LogP contribution in [0.15, 0.2) is 110 Å². The lowest BCUT2D eigenvalue weighted by Crippen LogP contribution is -2.30. The van der Waals surface area contributed by atoms with Gasteiger partial charge in [-0.05, 0) is 98.3 Å². The zero-order valence-corrected chi connectivity index (χ0v) is 30.5. The van der Waals surface area contributed by atoms with Gasteiger partial charge in [0, 0.05) is 37.1 Å². The number of thioether (sulfide) groups is 1. The Bertz CT molecular complexity index is 2100. The van der Waals surface area contributed by atoms with Gasteiger partial charge in [-0.3, -0.25) is 14.4 Å². The van der Waals surface area contributed by atoms with E-state index >= 15 is 0 Å². The monoisotopic (exact) mass is 764 g/mol. The molecule has 2 heterocycles. The van der Waals surface area contributed by atoms with Crippen molar-refractivity contribution >= 4 is 73.5 Å². The minimum absolute atomic E-state index is 0.000701. The van der Waals surface area contributed by atoms with Gasteiger partial charge in [-0.2, -0.15) is 5.26 Å². The zero-order valence-electron chi connectivity index (χ0n) is 27.3. The molecule has 3 aromatic carbocycles. The number of nitrogens with zero attached hydrogens (tertiary/aromatic N) is 1. The highest BCUT2D eigenvalue weighted by Crippen LogP contribution is 2.39. The predicted octanol–water partition coefficient (Wildman–Crippen LogP) is 9.30. The van der Waals surface area contributed by atoms with Crippen molar-refractivity contribution in [2.24, 2.45) is 5.92 Å². The number of fused-ring (bicyclic) bond motifs is 1. The topological polar surface area (TPSA) is 124 Å². The average Bonchev–Trinajstić information content (AvgIpc) is 3.73. The zero-order chi connectivity index (χ0) is 35.2. The van der Waals surface area contributed by atoms with E-state index in [9.17, 15) is 19.6 Å². The van der Waals surface area contributed by atoms with Crippen LogP contribution in [0, 0.1) is 17.2 Å². The normalized spacial score (nSPS) is 14.6. The predicted molar refractivity (Wildman–Crippen MR) is 203 cm³/mol. The molecule has 2 atom stereocenters. The number of anilines is 2. The molecule has 0 bridgehead atoms. The largest absolute Gasteiger partial charge is 0.457 e. The van der Waals surface area contributed by atoms with Gasteiger partial charge in [-0.1, -0.05) is 53.2 Å². The van der Waals surface area contributed by atoms with Crippen molar-refractivity contribution in [2.75, 3.05) is 10.6 Å². The molecule has 1 aliphatic carbocycles. The molecule has 0 saturated carbocycles. The fraction of sp³-hybridized carbons (Fsp3) is 0.179. The Hall–Kier alpha value is -4.89. The standard InChI is InChI=1S/C39H33BrN4O4S2/c1-23-8-18-31-32(22-41)39(50-35(31)20-23)44-36(45)24(2)49-30-16-13-28(14-17-30)42-38(47)33(43-37(46)26-6-4-3-5-7-26)21-29-15-19-34(48-29)25-9-11-27(40)12-10-25/h3-7,9-17,19,21,23-24H,8,18,20H2,1-2H3,(H,42,47)(H,43,46)(H,44,45)/b33-21-/t23-,24-/m0/s1. The second kappa shape index (κ2) is 15.8. The first-order chi connectivity index (χ1) is 24.2. The molecule has 6 rings (SSSR count). The number of halogens is 1. The summed E-state index contributed by atoms with van der Waals surface area (Å²) in [5, 5.41) is 18.6. The van der Waals surface area contributed by atoms with Crippen molar-refractivity contribution in [3.63, 3.8) is 0 Å². The summed E-state index contributed by atoms with van der Waals surface area (Å²) >= 11 is 6.32. The molecule has 0 aliphatic heterocycles. The highest BCUT2D eigenvalue weighted by Gasteiger charge is 2.26. The first-order valence-corrected chi connectivity index (χ1v) is 18.5. The smallest absolute Gasteiger partial charge is 0.272 e. The van der Waals surface area contributed by atoms with Crippen LogP contribution in [-0.2, 0) is 22.4 Å². The van der Waals surface area contributed by atoms with Crippen LogP contribution < -0.4 is 16.0 Å². The van der Waals surface area contributed by atoms with Gasteiger partial charge in [-0.15, -0.1) is 23.1 Å². The number of thiophene rings is 1. The lowest BCUT2D eigenvalue weighted by Gasteiger charge is -2.17. The van der Waals surface area contributed by atoms with Gasteiger partial charge < -0.3 is 20.4 Å². The molecule has 0 radical (unpaired) electrons. The van der Waals surface area contributed by atoms with E-state index in [1.165, 1.54) is 34.1 Å². The van der Waals surface area contributed by atoms with Crippen molar-refractivity contribution in [3.05, 3.63) is 128 Å². The van der Waals surface area contributed by atoms with Gasteiger partial charge in [0.15, 0.2) is 0 Å². The summed E-state index contributed by atoms with van der Waals surface area (Å²) < 4.78 is 6.95. The molecule has 0 fully saturated rings. The Morgan fingerprint density at radius 2 is 1.74 bits per heavy atom. The molecule has 2 aromatic heterocycles. The molecule has 0 spiro atoms. The van der Waals surface area contributed by atoms with Crippen molar-refractivity contribution < 1.29 is 18.8 Å². The molecule has 5 aromatic rings. The maximum Gasteiger partial charge on any atom is 0.272 e. The summed E-state index contributed by atoms with van der Waals surface area (Å²) in [7, 11) is 0. The van der Waals surface area contributed by atoms with E-state index in [1.54, 1.807) is 48.5 Å². The molecule has 252 valence electrons. The number of nitrogens with one attached hydrogen (secondary N) is 3. The van der Waals surface area contributed by atoms with Gasteiger partial charge in [0.2, 0.25) is 5.91 Å². The molecule has 3 amide bonds. The second-order valence-corrected chi connectivity index (χ2v) is 15.4. The van der Waals surface area contributed by atoms with E-state index in [0.717, 1.165) is 39.8 Å². The Balaban J connectivity index is 1.13. The fourth-order valence-electron chi connectivity index (χ4n) is 5.53. The number of amides is 3. The maximum absolute atomic E-state index is 13.5. The van der Waals surface area contributed by atoms with Crippen LogP contribution in [0.3, 0.4) is 0 Å². The van der Waals surface area contributed by atoms with Crippen LogP contribution in [0.4, 0.5) is 10.7 Å². The number of nitriles is 1. The molecule has 0 unspecified atom stereocenters. The molecule has 1 aliphatic rings. The minimum Gasteiger partial charge on any atom is -0.457 e. The van der Waals surface area contributed by atoms with Crippen molar-refractivity contribution in [2.45, 2.75) is 43.3 Å². The van der Waals surface area contributed by atoms with Crippen LogP contribution in [0.5, 0.6) is 0 Å². The minimum atomic E-state index is -0.537. The van der Waals surface area contributed by atoms with E-state index in [-0.39, 0.29) is 11.6 Å².